The normalized spacial score (nSPS) is 27.9. The number of nitrogens with zero attached hydrogens (tertiary/aromatic N) is 3. The number of hydrogen-bond donors (Lipinski definition) is 0. The average molecular weight is 279 g/mol. The molecule has 3 nitrogen and oxygen atoms in total. The monoisotopic (exact) mass is 279 g/mol. The standard InChI is InChI=1S/C17H33N3/c1-7-17(2,3)15-9-8-14(13-18)16(12-15)20(6)11-10-19(4)5/h14-16H,7-12H2,1-6H3. The predicted molar refractivity (Wildman–Crippen MR) is 85.5 cm³/mol. The first kappa shape index (κ1) is 17.5. The molecule has 0 aromatic rings. The van der Waals surface area contributed by atoms with Crippen molar-refractivity contribution in [1.82, 2.24) is 9.80 Å². The minimum atomic E-state index is 0.214. The fourth-order valence-electron chi connectivity index (χ4n) is 3.31. The van der Waals surface area contributed by atoms with Crippen LogP contribution in [0.2, 0.25) is 0 Å². The molecule has 0 N–H and O–H groups in total. The zero-order valence-electron chi connectivity index (χ0n) is 14.3. The molecule has 0 amide bonds. The second kappa shape index (κ2) is 7.43. The van der Waals surface area contributed by atoms with E-state index >= 15 is 0 Å². The average Bonchev–Trinajstić information content (AvgIpc) is 2.43. The number of likely N-dealkylation sites (N-methyl/N-ethyl adjacent to an activating group) is 2. The summed E-state index contributed by atoms with van der Waals surface area (Å²) in [6, 6.07) is 2.99. The summed E-state index contributed by atoms with van der Waals surface area (Å²) in [4.78, 5) is 4.64. The van der Waals surface area contributed by atoms with Crippen LogP contribution in [0.5, 0.6) is 0 Å². The van der Waals surface area contributed by atoms with Gasteiger partial charge in [-0.2, -0.15) is 5.26 Å². The van der Waals surface area contributed by atoms with Gasteiger partial charge in [0.2, 0.25) is 0 Å². The summed E-state index contributed by atoms with van der Waals surface area (Å²) in [5.74, 6) is 0.968. The summed E-state index contributed by atoms with van der Waals surface area (Å²) in [6.45, 7) is 9.19. The van der Waals surface area contributed by atoms with Crippen molar-refractivity contribution in [2.45, 2.75) is 52.5 Å². The molecule has 1 saturated carbocycles. The lowest BCUT2D eigenvalue weighted by Crippen LogP contribution is -2.46. The van der Waals surface area contributed by atoms with Gasteiger partial charge >= 0.3 is 0 Å². The highest BCUT2D eigenvalue weighted by Crippen LogP contribution is 2.43. The molecule has 0 spiro atoms. The van der Waals surface area contributed by atoms with Gasteiger partial charge in [0.05, 0.1) is 12.0 Å². The van der Waals surface area contributed by atoms with Crippen LogP contribution in [0.4, 0.5) is 0 Å². The van der Waals surface area contributed by atoms with Crippen LogP contribution in [0.15, 0.2) is 0 Å². The minimum absolute atomic E-state index is 0.214. The Morgan fingerprint density at radius 1 is 1.15 bits per heavy atom. The molecule has 1 aliphatic rings. The molecule has 3 unspecified atom stereocenters. The van der Waals surface area contributed by atoms with E-state index in [1.807, 2.05) is 0 Å². The third-order valence-electron chi connectivity index (χ3n) is 5.46. The molecule has 0 aromatic heterocycles. The zero-order chi connectivity index (χ0) is 15.3. The molecule has 0 aromatic carbocycles. The summed E-state index contributed by atoms with van der Waals surface area (Å²) in [5.41, 5.74) is 0.404. The van der Waals surface area contributed by atoms with Gasteiger partial charge in [0.15, 0.2) is 0 Å². The van der Waals surface area contributed by atoms with Crippen LogP contribution in [-0.2, 0) is 0 Å². The van der Waals surface area contributed by atoms with Crippen molar-refractivity contribution in [2.75, 3.05) is 34.2 Å². The third-order valence-corrected chi connectivity index (χ3v) is 5.46. The molecule has 1 fully saturated rings. The van der Waals surface area contributed by atoms with Gasteiger partial charge in [0, 0.05) is 19.1 Å². The van der Waals surface area contributed by atoms with E-state index in [0.717, 1.165) is 25.4 Å². The second-order valence-corrected chi connectivity index (χ2v) is 7.44. The Balaban J connectivity index is 2.71. The van der Waals surface area contributed by atoms with Gasteiger partial charge in [0.1, 0.15) is 0 Å². The fourth-order valence-corrected chi connectivity index (χ4v) is 3.31. The van der Waals surface area contributed by atoms with E-state index in [9.17, 15) is 5.26 Å². The van der Waals surface area contributed by atoms with E-state index in [1.165, 1.54) is 19.3 Å². The van der Waals surface area contributed by atoms with Gasteiger partial charge in [-0.1, -0.05) is 27.2 Å². The lowest BCUT2D eigenvalue weighted by atomic mass is 9.66. The Kier molecular flexibility index (Phi) is 6.48. The molecule has 20 heavy (non-hydrogen) atoms. The zero-order valence-corrected chi connectivity index (χ0v) is 14.3. The lowest BCUT2D eigenvalue weighted by Gasteiger charge is -2.44. The summed E-state index contributed by atoms with van der Waals surface area (Å²) in [5, 5.41) is 9.45. The van der Waals surface area contributed by atoms with Gasteiger partial charge < -0.3 is 9.80 Å². The molecule has 0 bridgehead atoms. The van der Waals surface area contributed by atoms with Gasteiger partial charge in [-0.25, -0.2) is 0 Å². The molecule has 0 saturated heterocycles. The Hall–Kier alpha value is -0.590. The van der Waals surface area contributed by atoms with Crippen molar-refractivity contribution >= 4 is 0 Å². The summed E-state index contributed by atoms with van der Waals surface area (Å²) < 4.78 is 0. The molecule has 0 radical (unpaired) electrons. The quantitative estimate of drug-likeness (QED) is 0.748. The number of hydrogen-bond acceptors (Lipinski definition) is 3. The highest BCUT2D eigenvalue weighted by molar-refractivity contribution is 4.99. The first-order valence-corrected chi connectivity index (χ1v) is 8.06. The Labute approximate surface area is 125 Å². The van der Waals surface area contributed by atoms with Gasteiger partial charge in [-0.15, -0.1) is 0 Å². The van der Waals surface area contributed by atoms with Crippen molar-refractivity contribution < 1.29 is 0 Å². The molecular formula is C17H33N3. The van der Waals surface area contributed by atoms with Crippen molar-refractivity contribution in [2.24, 2.45) is 17.3 Å². The van der Waals surface area contributed by atoms with Crippen molar-refractivity contribution in [3.63, 3.8) is 0 Å². The third kappa shape index (κ3) is 4.46. The van der Waals surface area contributed by atoms with Crippen LogP contribution in [0.1, 0.15) is 46.5 Å². The Bertz CT molecular complexity index is 330. The van der Waals surface area contributed by atoms with Gasteiger partial charge in [-0.3, -0.25) is 0 Å². The molecule has 0 aliphatic heterocycles. The van der Waals surface area contributed by atoms with Crippen LogP contribution in [0.3, 0.4) is 0 Å². The minimum Gasteiger partial charge on any atom is -0.308 e. The van der Waals surface area contributed by atoms with E-state index in [0.29, 0.717) is 11.5 Å². The van der Waals surface area contributed by atoms with E-state index < -0.39 is 0 Å². The fraction of sp³-hybridized carbons (Fsp3) is 0.941. The van der Waals surface area contributed by atoms with Crippen LogP contribution in [0.25, 0.3) is 0 Å². The predicted octanol–water partition coefficient (Wildman–Crippen LogP) is 3.22. The van der Waals surface area contributed by atoms with Crippen LogP contribution in [-0.4, -0.2) is 50.1 Å². The van der Waals surface area contributed by atoms with Gasteiger partial charge in [-0.05, 0) is 51.7 Å². The molecule has 116 valence electrons. The SMILES string of the molecule is CCC(C)(C)C1CCC(C#N)C(N(C)CCN(C)C)C1. The molecule has 3 heteroatoms. The molecule has 1 rings (SSSR count). The largest absolute Gasteiger partial charge is 0.308 e. The van der Waals surface area contributed by atoms with E-state index in [4.69, 9.17) is 0 Å². The highest BCUT2D eigenvalue weighted by Gasteiger charge is 2.38. The van der Waals surface area contributed by atoms with Crippen LogP contribution >= 0.6 is 0 Å². The van der Waals surface area contributed by atoms with Crippen molar-refractivity contribution in [1.29, 1.82) is 5.26 Å². The summed E-state index contributed by atoms with van der Waals surface area (Å²) in [7, 11) is 6.42. The maximum atomic E-state index is 9.45. The maximum absolute atomic E-state index is 9.45. The van der Waals surface area contributed by atoms with Crippen molar-refractivity contribution in [3.8, 4) is 6.07 Å². The first-order valence-electron chi connectivity index (χ1n) is 8.06. The Morgan fingerprint density at radius 3 is 2.30 bits per heavy atom. The maximum Gasteiger partial charge on any atom is 0.0672 e. The first-order chi connectivity index (χ1) is 9.31. The number of nitriles is 1. The van der Waals surface area contributed by atoms with Crippen molar-refractivity contribution in [3.05, 3.63) is 0 Å². The topological polar surface area (TPSA) is 30.3 Å². The van der Waals surface area contributed by atoms with Crippen LogP contribution in [0, 0.1) is 28.6 Å². The van der Waals surface area contributed by atoms with Crippen LogP contribution < -0.4 is 0 Å². The smallest absolute Gasteiger partial charge is 0.0672 e. The lowest BCUT2D eigenvalue weighted by molar-refractivity contribution is 0.0618. The van der Waals surface area contributed by atoms with E-state index in [1.54, 1.807) is 0 Å². The molecular weight excluding hydrogens is 246 g/mol. The second-order valence-electron chi connectivity index (χ2n) is 7.44. The molecule has 3 atom stereocenters. The Morgan fingerprint density at radius 2 is 1.80 bits per heavy atom. The van der Waals surface area contributed by atoms with E-state index in [-0.39, 0.29) is 5.92 Å². The van der Waals surface area contributed by atoms with E-state index in [2.05, 4.69) is 57.8 Å². The highest BCUT2D eigenvalue weighted by atomic mass is 15.2. The van der Waals surface area contributed by atoms with Gasteiger partial charge in [0.25, 0.3) is 0 Å². The molecule has 0 heterocycles. The summed E-state index contributed by atoms with van der Waals surface area (Å²) in [6.07, 6.45) is 4.70. The number of rotatable bonds is 6. The molecule has 1 aliphatic carbocycles. The summed E-state index contributed by atoms with van der Waals surface area (Å²) >= 11 is 0.